The van der Waals surface area contributed by atoms with Gasteiger partial charge in [0.2, 0.25) is 10.0 Å². The quantitative estimate of drug-likeness (QED) is 0.671. The minimum Gasteiger partial charge on any atom is -0.486 e. The van der Waals surface area contributed by atoms with Gasteiger partial charge >= 0.3 is 0 Å². The van der Waals surface area contributed by atoms with Crippen molar-refractivity contribution in [1.82, 2.24) is 9.29 Å². The number of nitrogens with one attached hydrogen (secondary N) is 1. The van der Waals surface area contributed by atoms with Crippen molar-refractivity contribution in [2.45, 2.75) is 37.2 Å². The third kappa shape index (κ3) is 3.40. The van der Waals surface area contributed by atoms with Crippen LogP contribution in [-0.4, -0.2) is 49.8 Å². The Labute approximate surface area is 181 Å². The number of sulfonamides is 1. The van der Waals surface area contributed by atoms with Crippen LogP contribution in [0, 0.1) is 6.92 Å². The minimum atomic E-state index is -3.76. The number of carbonyl (C=O) groups is 1. The maximum atomic E-state index is 13.4. The molecule has 0 bridgehead atoms. The molecule has 0 fully saturated rings. The number of ether oxygens (including phenoxy) is 2. The molecule has 1 aromatic heterocycles. The predicted octanol–water partition coefficient (Wildman–Crippen LogP) is 3.46. The Morgan fingerprint density at radius 3 is 2.74 bits per heavy atom. The van der Waals surface area contributed by atoms with Gasteiger partial charge < -0.3 is 14.5 Å². The average Bonchev–Trinajstić information content (AvgIpc) is 3.11. The first kappa shape index (κ1) is 20.1. The molecule has 0 saturated heterocycles. The highest BCUT2D eigenvalue weighted by molar-refractivity contribution is 7.89. The number of H-pyrrole nitrogens is 1. The van der Waals surface area contributed by atoms with Gasteiger partial charge in [-0.15, -0.1) is 0 Å². The van der Waals surface area contributed by atoms with Gasteiger partial charge in [0.1, 0.15) is 12.7 Å². The Balaban J connectivity index is 1.43. The number of aryl methyl sites for hydroxylation is 2. The number of para-hydroxylation sites is 2. The summed E-state index contributed by atoms with van der Waals surface area (Å²) in [4.78, 5) is 15.9. The zero-order chi connectivity index (χ0) is 21.8. The number of hydrogen-bond acceptors (Lipinski definition) is 5. The van der Waals surface area contributed by atoms with Crippen molar-refractivity contribution >= 4 is 26.7 Å². The SMILES string of the molecule is Cc1cc2c3c([nH]c2cc1S(=O)(=O)N(C)CC1COc2ccccc2O1)CCCC3=O. The van der Waals surface area contributed by atoms with E-state index in [0.29, 0.717) is 34.6 Å². The molecule has 0 radical (unpaired) electrons. The van der Waals surface area contributed by atoms with E-state index in [1.54, 1.807) is 20.0 Å². The fourth-order valence-electron chi connectivity index (χ4n) is 4.43. The number of ketones is 1. The van der Waals surface area contributed by atoms with Gasteiger partial charge in [-0.1, -0.05) is 12.1 Å². The van der Waals surface area contributed by atoms with Gasteiger partial charge in [-0.2, -0.15) is 4.31 Å². The Hall–Kier alpha value is -2.84. The Kier molecular flexibility index (Phi) is 4.79. The van der Waals surface area contributed by atoms with Crippen LogP contribution in [0.15, 0.2) is 41.3 Å². The molecule has 2 aliphatic rings. The number of rotatable bonds is 4. The van der Waals surface area contributed by atoms with E-state index in [4.69, 9.17) is 9.47 Å². The van der Waals surface area contributed by atoms with Crippen LogP contribution in [0.4, 0.5) is 0 Å². The monoisotopic (exact) mass is 440 g/mol. The number of hydrogen-bond donors (Lipinski definition) is 1. The van der Waals surface area contributed by atoms with Crippen molar-refractivity contribution in [3.05, 3.63) is 53.2 Å². The van der Waals surface area contributed by atoms with E-state index in [1.165, 1.54) is 4.31 Å². The van der Waals surface area contributed by atoms with E-state index in [2.05, 4.69) is 4.98 Å². The van der Waals surface area contributed by atoms with Crippen molar-refractivity contribution < 1.29 is 22.7 Å². The molecule has 1 atom stereocenters. The smallest absolute Gasteiger partial charge is 0.243 e. The first-order valence-corrected chi connectivity index (χ1v) is 11.8. The number of Topliss-reactive ketones (excluding diaryl/α,β-unsaturated/α-hetero) is 1. The maximum Gasteiger partial charge on any atom is 0.243 e. The molecule has 0 saturated carbocycles. The molecule has 5 rings (SSSR count). The van der Waals surface area contributed by atoms with Crippen molar-refractivity contribution in [2.75, 3.05) is 20.2 Å². The zero-order valence-electron chi connectivity index (χ0n) is 17.5. The van der Waals surface area contributed by atoms with Crippen LogP contribution in [-0.2, 0) is 16.4 Å². The summed E-state index contributed by atoms with van der Waals surface area (Å²) in [6.45, 7) is 2.21. The number of fused-ring (bicyclic) bond motifs is 4. The second-order valence-electron chi connectivity index (χ2n) is 8.20. The summed E-state index contributed by atoms with van der Waals surface area (Å²) in [6, 6.07) is 10.8. The second-order valence-corrected chi connectivity index (χ2v) is 10.2. The summed E-state index contributed by atoms with van der Waals surface area (Å²) in [7, 11) is -2.21. The van der Waals surface area contributed by atoms with Crippen molar-refractivity contribution in [1.29, 1.82) is 0 Å². The molecule has 2 aromatic carbocycles. The molecule has 162 valence electrons. The third-order valence-corrected chi connectivity index (χ3v) is 7.96. The zero-order valence-corrected chi connectivity index (χ0v) is 18.3. The van der Waals surface area contributed by atoms with Crippen LogP contribution in [0.25, 0.3) is 10.9 Å². The topological polar surface area (TPSA) is 88.7 Å². The van der Waals surface area contributed by atoms with Gasteiger partial charge in [-0.05, 0) is 49.6 Å². The molecule has 2 heterocycles. The lowest BCUT2D eigenvalue weighted by atomic mass is 9.94. The number of aromatic nitrogens is 1. The standard InChI is InChI=1S/C23H24N2O5S/c1-14-10-16-18(24-17-6-5-7-19(26)23(16)17)11-22(14)31(27,28)25(2)12-15-13-29-20-8-3-4-9-21(20)30-15/h3-4,8-11,15,24H,5-7,12-13H2,1-2H3. The van der Waals surface area contributed by atoms with Gasteiger partial charge in [-0.3, -0.25) is 4.79 Å². The van der Waals surface area contributed by atoms with Crippen molar-refractivity contribution in [2.24, 2.45) is 0 Å². The fraction of sp³-hybridized carbons (Fsp3) is 0.348. The number of nitrogens with zero attached hydrogens (tertiary/aromatic N) is 1. The van der Waals surface area contributed by atoms with E-state index in [-0.39, 0.29) is 23.8 Å². The first-order valence-electron chi connectivity index (χ1n) is 10.4. The number of aromatic amines is 1. The molecule has 1 aliphatic carbocycles. The van der Waals surface area contributed by atoms with Gasteiger partial charge in [0.25, 0.3) is 0 Å². The Bertz CT molecular complexity index is 1290. The molecule has 7 nitrogen and oxygen atoms in total. The summed E-state index contributed by atoms with van der Waals surface area (Å²) < 4.78 is 39.7. The molecule has 0 spiro atoms. The largest absolute Gasteiger partial charge is 0.486 e. The predicted molar refractivity (Wildman–Crippen MR) is 116 cm³/mol. The van der Waals surface area contributed by atoms with Gasteiger partial charge in [0, 0.05) is 35.6 Å². The van der Waals surface area contributed by atoms with E-state index in [9.17, 15) is 13.2 Å². The second kappa shape index (κ2) is 7.39. The molecule has 1 unspecified atom stereocenters. The minimum absolute atomic E-state index is 0.120. The van der Waals surface area contributed by atoms with Crippen LogP contribution in [0.1, 0.15) is 34.5 Å². The summed E-state index contributed by atoms with van der Waals surface area (Å²) >= 11 is 0. The molecule has 3 aromatic rings. The molecular formula is C23H24N2O5S. The summed E-state index contributed by atoms with van der Waals surface area (Å²) in [5.74, 6) is 1.40. The molecule has 0 amide bonds. The maximum absolute atomic E-state index is 13.4. The fourth-order valence-corrected chi connectivity index (χ4v) is 5.86. The van der Waals surface area contributed by atoms with Crippen LogP contribution in [0.5, 0.6) is 11.5 Å². The van der Waals surface area contributed by atoms with Crippen LogP contribution in [0.3, 0.4) is 0 Å². The van der Waals surface area contributed by atoms with Crippen LogP contribution >= 0.6 is 0 Å². The van der Waals surface area contributed by atoms with E-state index < -0.39 is 16.1 Å². The highest BCUT2D eigenvalue weighted by Gasteiger charge is 2.30. The molecule has 1 aliphatic heterocycles. The lowest BCUT2D eigenvalue weighted by Crippen LogP contribution is -2.41. The summed E-state index contributed by atoms with van der Waals surface area (Å²) in [6.07, 6.45) is 1.75. The molecule has 1 N–H and O–H groups in total. The Morgan fingerprint density at radius 2 is 1.94 bits per heavy atom. The lowest BCUT2D eigenvalue weighted by Gasteiger charge is -2.29. The van der Waals surface area contributed by atoms with Gasteiger partial charge in [-0.25, -0.2) is 8.42 Å². The normalized spacial score (nSPS) is 18.4. The lowest BCUT2D eigenvalue weighted by molar-refractivity contribution is 0.0798. The summed E-state index contributed by atoms with van der Waals surface area (Å²) in [5.41, 5.74) is 2.92. The molecular weight excluding hydrogens is 416 g/mol. The van der Waals surface area contributed by atoms with Gasteiger partial charge in [0.15, 0.2) is 17.3 Å². The van der Waals surface area contributed by atoms with Crippen molar-refractivity contribution in [3.63, 3.8) is 0 Å². The summed E-state index contributed by atoms with van der Waals surface area (Å²) in [5, 5.41) is 0.805. The van der Waals surface area contributed by atoms with E-state index in [1.807, 2.05) is 30.3 Å². The van der Waals surface area contributed by atoms with Crippen LogP contribution in [0.2, 0.25) is 0 Å². The van der Waals surface area contributed by atoms with Crippen LogP contribution < -0.4 is 9.47 Å². The first-order chi connectivity index (χ1) is 14.8. The molecule has 8 heteroatoms. The number of benzene rings is 2. The Morgan fingerprint density at radius 1 is 1.16 bits per heavy atom. The van der Waals surface area contributed by atoms with E-state index in [0.717, 1.165) is 23.9 Å². The molecule has 31 heavy (non-hydrogen) atoms. The van der Waals surface area contributed by atoms with Gasteiger partial charge in [0.05, 0.1) is 11.4 Å². The van der Waals surface area contributed by atoms with E-state index >= 15 is 0 Å². The third-order valence-electron chi connectivity index (χ3n) is 6.00. The highest BCUT2D eigenvalue weighted by atomic mass is 32.2. The highest BCUT2D eigenvalue weighted by Crippen LogP contribution is 2.34. The van der Waals surface area contributed by atoms with Crippen molar-refractivity contribution in [3.8, 4) is 11.5 Å². The number of likely N-dealkylation sites (N-methyl/N-ethyl adjacent to an activating group) is 1. The average molecular weight is 441 g/mol. The number of carbonyl (C=O) groups excluding carboxylic acids is 1.